The number of carbonyl (C=O) groups excluding carboxylic acids is 2. The lowest BCUT2D eigenvalue weighted by atomic mass is 9.88. The SMILES string of the molecule is CC[C@@H](OCOCC[Si](C)(C)C)[C@H]1C[C@H](OC(C)=O)[C@H]2C[C@H](O2)[C@H](CCOC(=O)C(C)(C)C)O1. The molecule has 0 aromatic carbocycles. The first-order valence-corrected chi connectivity index (χ1v) is 16.4. The Hall–Kier alpha value is -1.00. The van der Waals surface area contributed by atoms with Gasteiger partial charge < -0.3 is 28.4 Å². The van der Waals surface area contributed by atoms with E-state index in [-0.39, 0.29) is 62.0 Å². The molecule has 0 N–H and O–H groups in total. The Balaban J connectivity index is 1.99. The van der Waals surface area contributed by atoms with E-state index in [2.05, 4.69) is 19.6 Å². The maximum Gasteiger partial charge on any atom is 0.311 e. The lowest BCUT2D eigenvalue weighted by Gasteiger charge is -2.48. The topological polar surface area (TPSA) is 89.5 Å². The van der Waals surface area contributed by atoms with Crippen LogP contribution in [0.3, 0.4) is 0 Å². The van der Waals surface area contributed by atoms with Crippen molar-refractivity contribution in [2.24, 2.45) is 5.41 Å². The molecule has 0 spiro atoms. The minimum Gasteiger partial charge on any atom is -0.465 e. The van der Waals surface area contributed by atoms with Crippen molar-refractivity contribution in [1.82, 2.24) is 0 Å². The number of esters is 2. The molecule has 3 fully saturated rings. The third-order valence-electron chi connectivity index (χ3n) is 6.20. The van der Waals surface area contributed by atoms with Gasteiger partial charge in [0.2, 0.25) is 0 Å². The molecule has 2 bridgehead atoms. The molecular weight excluding hydrogens is 456 g/mol. The smallest absolute Gasteiger partial charge is 0.311 e. The maximum atomic E-state index is 12.1. The minimum atomic E-state index is -1.16. The summed E-state index contributed by atoms with van der Waals surface area (Å²) in [4.78, 5) is 23.8. The third-order valence-corrected chi connectivity index (χ3v) is 7.91. The van der Waals surface area contributed by atoms with Gasteiger partial charge in [0.25, 0.3) is 0 Å². The third kappa shape index (κ3) is 9.57. The van der Waals surface area contributed by atoms with Crippen molar-refractivity contribution in [3.63, 3.8) is 0 Å². The molecule has 3 aliphatic heterocycles. The van der Waals surface area contributed by atoms with E-state index in [1.165, 1.54) is 6.92 Å². The van der Waals surface area contributed by atoms with Gasteiger partial charge >= 0.3 is 11.9 Å². The van der Waals surface area contributed by atoms with E-state index in [0.29, 0.717) is 19.4 Å². The molecule has 3 aliphatic rings. The van der Waals surface area contributed by atoms with E-state index >= 15 is 0 Å². The molecule has 0 aliphatic carbocycles. The molecule has 0 unspecified atom stereocenters. The van der Waals surface area contributed by atoms with E-state index in [4.69, 9.17) is 28.4 Å². The van der Waals surface area contributed by atoms with Crippen LogP contribution in [0.15, 0.2) is 0 Å². The van der Waals surface area contributed by atoms with E-state index < -0.39 is 13.5 Å². The van der Waals surface area contributed by atoms with Gasteiger partial charge in [-0.2, -0.15) is 0 Å². The first-order valence-electron chi connectivity index (χ1n) is 12.6. The number of hydrogen-bond acceptors (Lipinski definition) is 8. The van der Waals surface area contributed by atoms with Crippen molar-refractivity contribution >= 4 is 20.0 Å². The highest BCUT2D eigenvalue weighted by Crippen LogP contribution is 2.37. The van der Waals surface area contributed by atoms with Gasteiger partial charge in [-0.05, 0) is 33.2 Å². The highest BCUT2D eigenvalue weighted by Gasteiger charge is 2.47. The summed E-state index contributed by atoms with van der Waals surface area (Å²) in [5.41, 5.74) is -0.545. The number of hydrogen-bond donors (Lipinski definition) is 0. The second kappa shape index (κ2) is 12.8. The summed E-state index contributed by atoms with van der Waals surface area (Å²) in [5.74, 6) is -0.562. The van der Waals surface area contributed by atoms with Crippen molar-refractivity contribution < 1.29 is 38.0 Å². The Kier molecular flexibility index (Phi) is 11.0. The Labute approximate surface area is 206 Å². The van der Waals surface area contributed by atoms with Crippen LogP contribution in [0.2, 0.25) is 25.7 Å². The van der Waals surface area contributed by atoms with Gasteiger partial charge in [0.15, 0.2) is 0 Å². The fraction of sp³-hybridized carbons (Fsp3) is 0.920. The van der Waals surface area contributed by atoms with Gasteiger partial charge in [0, 0.05) is 40.9 Å². The highest BCUT2D eigenvalue weighted by molar-refractivity contribution is 6.76. The zero-order valence-corrected chi connectivity index (χ0v) is 23.4. The largest absolute Gasteiger partial charge is 0.465 e. The number of rotatable bonds is 12. The summed E-state index contributed by atoms with van der Waals surface area (Å²) in [6.45, 7) is 17.1. The quantitative estimate of drug-likeness (QED) is 0.169. The van der Waals surface area contributed by atoms with E-state index in [0.717, 1.165) is 18.9 Å². The fourth-order valence-corrected chi connectivity index (χ4v) is 4.80. The van der Waals surface area contributed by atoms with E-state index in [1.54, 1.807) is 0 Å². The zero-order chi connectivity index (χ0) is 25.5. The molecular formula is C25H46O8Si. The molecule has 6 atom stereocenters. The molecule has 9 heteroatoms. The molecule has 3 heterocycles. The van der Waals surface area contributed by atoms with Crippen LogP contribution >= 0.6 is 0 Å². The molecule has 0 amide bonds. The van der Waals surface area contributed by atoms with Crippen molar-refractivity contribution in [2.45, 2.75) is 123 Å². The number of fused-ring (bicyclic) bond motifs is 4. The first kappa shape index (κ1) is 29.2. The van der Waals surface area contributed by atoms with Crippen LogP contribution in [0.25, 0.3) is 0 Å². The van der Waals surface area contributed by atoms with Crippen molar-refractivity contribution in [1.29, 1.82) is 0 Å². The average Bonchev–Trinajstić information content (AvgIpc) is 2.64. The monoisotopic (exact) mass is 502 g/mol. The van der Waals surface area contributed by atoms with Crippen molar-refractivity contribution in [3.05, 3.63) is 0 Å². The molecule has 0 aromatic rings. The van der Waals surface area contributed by atoms with Crippen LogP contribution in [0, 0.1) is 5.41 Å². The predicted octanol–water partition coefficient (Wildman–Crippen LogP) is 4.32. The van der Waals surface area contributed by atoms with Crippen LogP contribution in [0.5, 0.6) is 0 Å². The normalized spacial score (nSPS) is 28.3. The van der Waals surface area contributed by atoms with Crippen molar-refractivity contribution in [3.8, 4) is 0 Å². The van der Waals surface area contributed by atoms with Gasteiger partial charge in [0.05, 0.1) is 42.5 Å². The molecule has 34 heavy (non-hydrogen) atoms. The Morgan fingerprint density at radius 1 is 1.06 bits per heavy atom. The summed E-state index contributed by atoms with van der Waals surface area (Å²) in [7, 11) is -1.16. The Morgan fingerprint density at radius 3 is 2.29 bits per heavy atom. The van der Waals surface area contributed by atoms with Gasteiger partial charge in [0.1, 0.15) is 12.9 Å². The number of carbonyl (C=O) groups is 2. The zero-order valence-electron chi connectivity index (χ0n) is 22.4. The predicted molar refractivity (Wildman–Crippen MR) is 131 cm³/mol. The van der Waals surface area contributed by atoms with Crippen LogP contribution in [0.1, 0.15) is 60.3 Å². The second-order valence-corrected chi connectivity index (χ2v) is 17.3. The van der Waals surface area contributed by atoms with Gasteiger partial charge in [-0.1, -0.05) is 26.6 Å². The first-order chi connectivity index (χ1) is 15.8. The molecule has 8 nitrogen and oxygen atoms in total. The molecule has 0 saturated carbocycles. The number of ether oxygens (including phenoxy) is 6. The van der Waals surface area contributed by atoms with Crippen LogP contribution in [0.4, 0.5) is 0 Å². The Morgan fingerprint density at radius 2 is 1.74 bits per heavy atom. The van der Waals surface area contributed by atoms with Crippen molar-refractivity contribution in [2.75, 3.05) is 20.0 Å². The molecule has 198 valence electrons. The second-order valence-electron chi connectivity index (χ2n) is 11.7. The van der Waals surface area contributed by atoms with Crippen LogP contribution in [-0.4, -0.2) is 76.6 Å². The molecule has 3 rings (SSSR count). The summed E-state index contributed by atoms with van der Waals surface area (Å²) in [6, 6.07) is 1.08. The van der Waals surface area contributed by atoms with Crippen LogP contribution < -0.4 is 0 Å². The maximum absolute atomic E-state index is 12.1. The van der Waals surface area contributed by atoms with Gasteiger partial charge in [-0.25, -0.2) is 0 Å². The van der Waals surface area contributed by atoms with E-state index in [9.17, 15) is 9.59 Å². The lowest BCUT2D eigenvalue weighted by molar-refractivity contribution is -0.270. The highest BCUT2D eigenvalue weighted by atomic mass is 28.3. The molecule has 0 aromatic heterocycles. The Bertz CT molecular complexity index is 650. The van der Waals surface area contributed by atoms with Crippen LogP contribution in [-0.2, 0) is 38.0 Å². The average molecular weight is 503 g/mol. The standard InChI is InChI=1S/C25H46O8Si/c1-9-18(30-16-28-12-13-34(6,7)8)20-14-22(31-17(2)26)23-15-21(33-23)19(32-20)10-11-29-24(27)25(3,4)5/h18-23H,9-16H2,1-8H3/t18-,19+,20-,21+,22+,23-/m1/s1. The summed E-state index contributed by atoms with van der Waals surface area (Å²) in [5, 5.41) is 0. The molecule has 0 radical (unpaired) electrons. The fourth-order valence-electron chi connectivity index (χ4n) is 4.05. The summed E-state index contributed by atoms with van der Waals surface area (Å²) in [6.07, 6.45) is 1.16. The van der Waals surface area contributed by atoms with Gasteiger partial charge in [-0.3, -0.25) is 9.59 Å². The molecule has 3 saturated heterocycles. The minimum absolute atomic E-state index is 0.121. The van der Waals surface area contributed by atoms with Gasteiger partial charge in [-0.15, -0.1) is 0 Å². The summed E-state index contributed by atoms with van der Waals surface area (Å²) < 4.78 is 35.4. The lowest BCUT2D eigenvalue weighted by Crippen LogP contribution is -2.58. The van der Waals surface area contributed by atoms with E-state index in [1.807, 2.05) is 27.7 Å². The summed E-state index contributed by atoms with van der Waals surface area (Å²) >= 11 is 0.